The molecule has 3 rings (SSSR count). The van der Waals surface area contributed by atoms with E-state index < -0.39 is 23.7 Å². The topological polar surface area (TPSA) is 80.1 Å². The molecular formula is C15H15ClFN5O2. The van der Waals surface area contributed by atoms with Crippen molar-refractivity contribution in [3.05, 3.63) is 41.1 Å². The van der Waals surface area contributed by atoms with E-state index >= 15 is 0 Å². The molecule has 126 valence electrons. The molecular weight excluding hydrogens is 337 g/mol. The van der Waals surface area contributed by atoms with Crippen LogP contribution in [0.15, 0.2) is 24.3 Å². The Hall–Kier alpha value is -2.48. The second-order valence-electron chi connectivity index (χ2n) is 5.65. The third-order valence-electron chi connectivity index (χ3n) is 4.03. The molecule has 1 fully saturated rings. The Bertz CT molecular complexity index is 809. The van der Waals surface area contributed by atoms with Crippen LogP contribution >= 0.6 is 11.6 Å². The molecule has 0 unspecified atom stereocenters. The normalized spacial score (nSPS) is 20.5. The fourth-order valence-corrected chi connectivity index (χ4v) is 3.16. The molecule has 9 heteroatoms. The van der Waals surface area contributed by atoms with Crippen molar-refractivity contribution in [3.63, 3.8) is 0 Å². The summed E-state index contributed by atoms with van der Waals surface area (Å²) in [5, 5.41) is 6.85. The van der Waals surface area contributed by atoms with E-state index in [1.807, 2.05) is 0 Å². The van der Waals surface area contributed by atoms with Crippen molar-refractivity contribution in [2.24, 2.45) is 13.0 Å². The molecule has 2 aromatic rings. The lowest BCUT2D eigenvalue weighted by atomic mass is 9.91. The molecule has 0 radical (unpaired) electrons. The number of hydrogen-bond donors (Lipinski definition) is 1. The number of aromatic nitrogens is 3. The number of carbonyl (C=O) groups excluding carboxylic acids is 2. The zero-order valence-electron chi connectivity index (χ0n) is 13.0. The van der Waals surface area contributed by atoms with Crippen LogP contribution in [0.2, 0.25) is 5.15 Å². The third kappa shape index (κ3) is 2.96. The lowest BCUT2D eigenvalue weighted by Crippen LogP contribution is -2.33. The Morgan fingerprint density at radius 1 is 1.42 bits per heavy atom. The van der Waals surface area contributed by atoms with Gasteiger partial charge < -0.3 is 10.2 Å². The van der Waals surface area contributed by atoms with Crippen molar-refractivity contribution in [2.75, 3.05) is 18.9 Å². The van der Waals surface area contributed by atoms with Gasteiger partial charge in [0.2, 0.25) is 17.8 Å². The Morgan fingerprint density at radius 3 is 2.79 bits per heavy atom. The highest BCUT2D eigenvalue weighted by Gasteiger charge is 2.45. The first kappa shape index (κ1) is 16.4. The van der Waals surface area contributed by atoms with Crippen LogP contribution in [0, 0.1) is 11.9 Å². The van der Waals surface area contributed by atoms with Gasteiger partial charge in [0.1, 0.15) is 11.7 Å². The maximum atomic E-state index is 13.2. The minimum atomic E-state index is -0.952. The number of pyridine rings is 1. The quantitative estimate of drug-likeness (QED) is 0.670. The van der Waals surface area contributed by atoms with E-state index in [4.69, 9.17) is 11.6 Å². The van der Waals surface area contributed by atoms with Gasteiger partial charge in [-0.25, -0.2) is 4.98 Å². The van der Waals surface area contributed by atoms with E-state index in [-0.39, 0.29) is 11.7 Å². The zero-order valence-corrected chi connectivity index (χ0v) is 13.8. The van der Waals surface area contributed by atoms with Gasteiger partial charge >= 0.3 is 0 Å². The van der Waals surface area contributed by atoms with Crippen molar-refractivity contribution in [2.45, 2.75) is 5.92 Å². The highest BCUT2D eigenvalue weighted by Crippen LogP contribution is 2.34. The van der Waals surface area contributed by atoms with Gasteiger partial charge in [-0.15, -0.1) is 0 Å². The van der Waals surface area contributed by atoms with E-state index in [1.54, 1.807) is 24.8 Å². The monoisotopic (exact) mass is 351 g/mol. The highest BCUT2D eigenvalue weighted by molar-refractivity contribution is 6.29. The van der Waals surface area contributed by atoms with Crippen molar-refractivity contribution >= 4 is 29.2 Å². The van der Waals surface area contributed by atoms with Crippen LogP contribution in [-0.4, -0.2) is 45.1 Å². The summed E-state index contributed by atoms with van der Waals surface area (Å²) in [4.78, 5) is 30.1. The van der Waals surface area contributed by atoms with Crippen LogP contribution in [-0.2, 0) is 16.6 Å². The molecule has 7 nitrogen and oxygen atoms in total. The van der Waals surface area contributed by atoms with Crippen molar-refractivity contribution < 1.29 is 14.0 Å². The van der Waals surface area contributed by atoms with Gasteiger partial charge in [-0.1, -0.05) is 17.7 Å². The molecule has 2 amide bonds. The summed E-state index contributed by atoms with van der Waals surface area (Å²) < 4.78 is 14.7. The number of likely N-dealkylation sites (N-methyl/N-ethyl adjacent to an activating group) is 1. The first-order valence-corrected chi connectivity index (χ1v) is 7.62. The van der Waals surface area contributed by atoms with E-state index in [1.165, 1.54) is 23.1 Å². The first-order chi connectivity index (χ1) is 11.4. The summed E-state index contributed by atoms with van der Waals surface area (Å²) in [7, 11) is 3.33. The fourth-order valence-electron chi connectivity index (χ4n) is 2.93. The molecule has 0 aliphatic carbocycles. The molecule has 0 bridgehead atoms. The molecule has 0 saturated carbocycles. The predicted molar refractivity (Wildman–Crippen MR) is 84.9 cm³/mol. The molecule has 2 atom stereocenters. The van der Waals surface area contributed by atoms with Crippen LogP contribution in [0.25, 0.3) is 0 Å². The number of nitrogens with one attached hydrogen (secondary N) is 1. The minimum absolute atomic E-state index is 0.0594. The highest BCUT2D eigenvalue weighted by atomic mass is 35.5. The molecule has 1 saturated heterocycles. The van der Waals surface area contributed by atoms with Crippen LogP contribution in [0.5, 0.6) is 0 Å². The number of rotatable bonds is 3. The summed E-state index contributed by atoms with van der Waals surface area (Å²) in [5.41, 5.74) is 0.685. The molecule has 1 aliphatic rings. The van der Waals surface area contributed by atoms with Crippen molar-refractivity contribution in [1.29, 1.82) is 0 Å². The van der Waals surface area contributed by atoms with Crippen LogP contribution < -0.4 is 5.32 Å². The number of likely N-dealkylation sites (tertiary alicyclic amines) is 1. The average molecular weight is 352 g/mol. The first-order valence-electron chi connectivity index (χ1n) is 7.24. The average Bonchev–Trinajstić information content (AvgIpc) is 2.98. The zero-order chi connectivity index (χ0) is 17.4. The summed E-state index contributed by atoms with van der Waals surface area (Å²) in [6, 6.07) is 5.70. The molecule has 0 aromatic carbocycles. The lowest BCUT2D eigenvalue weighted by Gasteiger charge is -2.16. The van der Waals surface area contributed by atoms with Gasteiger partial charge in [0.15, 0.2) is 5.15 Å². The fraction of sp³-hybridized carbons (Fsp3) is 0.333. The van der Waals surface area contributed by atoms with Crippen LogP contribution in [0.4, 0.5) is 10.2 Å². The molecule has 1 N–H and O–H groups in total. The van der Waals surface area contributed by atoms with Gasteiger partial charge in [0, 0.05) is 32.3 Å². The number of nitrogens with zero attached hydrogens (tertiary/aromatic N) is 4. The van der Waals surface area contributed by atoms with E-state index in [0.29, 0.717) is 17.4 Å². The Morgan fingerprint density at radius 2 is 2.17 bits per heavy atom. The molecule has 24 heavy (non-hydrogen) atoms. The Kier molecular flexibility index (Phi) is 4.23. The maximum absolute atomic E-state index is 13.2. The number of aryl methyl sites for hydroxylation is 1. The summed E-state index contributed by atoms with van der Waals surface area (Å²) in [5.74, 6) is -2.86. The van der Waals surface area contributed by atoms with Gasteiger partial charge in [0.25, 0.3) is 0 Å². The second-order valence-corrected chi connectivity index (χ2v) is 6.04. The van der Waals surface area contributed by atoms with E-state index in [0.717, 1.165) is 0 Å². The molecule has 1 aliphatic heterocycles. The minimum Gasteiger partial charge on any atom is -0.344 e. The molecule has 0 spiro atoms. The summed E-state index contributed by atoms with van der Waals surface area (Å²) in [6.07, 6.45) is 0. The third-order valence-corrected chi connectivity index (χ3v) is 4.21. The second kappa shape index (κ2) is 6.20. The van der Waals surface area contributed by atoms with Crippen LogP contribution in [0.3, 0.4) is 0 Å². The van der Waals surface area contributed by atoms with Gasteiger partial charge in [0.05, 0.1) is 0 Å². The summed E-state index contributed by atoms with van der Waals surface area (Å²) >= 11 is 5.91. The van der Waals surface area contributed by atoms with Gasteiger partial charge in [-0.3, -0.25) is 14.3 Å². The van der Waals surface area contributed by atoms with E-state index in [9.17, 15) is 14.0 Å². The van der Waals surface area contributed by atoms with Gasteiger partial charge in [-0.2, -0.15) is 9.49 Å². The van der Waals surface area contributed by atoms with Crippen molar-refractivity contribution in [1.82, 2.24) is 19.7 Å². The van der Waals surface area contributed by atoms with Gasteiger partial charge in [-0.05, 0) is 18.2 Å². The number of halogens is 2. The standard InChI is InChI=1S/C15H15ClFN5O2/c1-21-7-8(9-6-10(16)20-22(9)2)13(15(21)24)14(23)19-12-5-3-4-11(17)18-12/h3-6,8,13H,7H2,1-2H3,(H,18,19,23)/t8-,13+/m1/s1. The maximum Gasteiger partial charge on any atom is 0.238 e. The molecule has 2 aromatic heterocycles. The Balaban J connectivity index is 1.89. The summed E-state index contributed by atoms with van der Waals surface area (Å²) in [6.45, 7) is 0.364. The SMILES string of the molecule is CN1C[C@H](c2cc(Cl)nn2C)[C@@H](C(=O)Nc2cccc(F)n2)C1=O. The number of anilines is 1. The van der Waals surface area contributed by atoms with Crippen LogP contribution in [0.1, 0.15) is 11.6 Å². The number of carbonyl (C=O) groups is 2. The predicted octanol–water partition coefficient (Wildman–Crippen LogP) is 1.42. The van der Waals surface area contributed by atoms with Crippen molar-refractivity contribution in [3.8, 4) is 0 Å². The number of hydrogen-bond acceptors (Lipinski definition) is 4. The van der Waals surface area contributed by atoms with E-state index in [2.05, 4.69) is 15.4 Å². The Labute approximate surface area is 142 Å². The largest absolute Gasteiger partial charge is 0.344 e. The number of amides is 2. The smallest absolute Gasteiger partial charge is 0.238 e. The lowest BCUT2D eigenvalue weighted by molar-refractivity contribution is -0.135. The molecule has 3 heterocycles.